The fourth-order valence-corrected chi connectivity index (χ4v) is 2.72. The number of hydrogen-bond acceptors (Lipinski definition) is 4. The maximum Gasteiger partial charge on any atom is 0.282 e. The van der Waals surface area contributed by atoms with E-state index in [1.54, 1.807) is 31.2 Å². The molecule has 112 valence electrons. The average molecular weight is 304 g/mol. The second-order valence-electron chi connectivity index (χ2n) is 5.25. The smallest absolute Gasteiger partial charge is 0.267 e. The van der Waals surface area contributed by atoms with Gasteiger partial charge in [-0.1, -0.05) is 42.5 Å². The van der Waals surface area contributed by atoms with Gasteiger partial charge in [0, 0.05) is 5.56 Å². The largest absolute Gasteiger partial charge is 0.282 e. The maximum absolute atomic E-state index is 12.5. The fraction of sp³-hybridized carbons (Fsp3) is 0.0588. The first-order valence-electron chi connectivity index (χ1n) is 7.14. The number of rotatable bonds is 2. The summed E-state index contributed by atoms with van der Waals surface area (Å²) in [6, 6.07) is 16.3. The van der Waals surface area contributed by atoms with Crippen LogP contribution in [-0.4, -0.2) is 26.9 Å². The molecule has 3 aromatic rings. The van der Waals surface area contributed by atoms with E-state index in [1.807, 2.05) is 30.3 Å². The number of imide groups is 1. The zero-order valence-corrected chi connectivity index (χ0v) is 12.3. The van der Waals surface area contributed by atoms with Crippen LogP contribution in [0.15, 0.2) is 54.6 Å². The van der Waals surface area contributed by atoms with Gasteiger partial charge in [0.2, 0.25) is 0 Å². The van der Waals surface area contributed by atoms with E-state index in [2.05, 4.69) is 10.3 Å². The van der Waals surface area contributed by atoms with Crippen LogP contribution in [0.1, 0.15) is 26.4 Å². The van der Waals surface area contributed by atoms with Gasteiger partial charge in [0.05, 0.1) is 16.8 Å². The van der Waals surface area contributed by atoms with Crippen LogP contribution in [-0.2, 0) is 0 Å². The molecule has 2 amide bonds. The fourth-order valence-electron chi connectivity index (χ4n) is 2.72. The van der Waals surface area contributed by atoms with E-state index in [0.29, 0.717) is 22.5 Å². The monoisotopic (exact) mass is 304 g/mol. The van der Waals surface area contributed by atoms with Crippen LogP contribution in [0.4, 0.5) is 0 Å². The Morgan fingerprint density at radius 3 is 2.00 bits per heavy atom. The Hall–Kier alpha value is -3.28. The predicted octanol–water partition coefficient (Wildman–Crippen LogP) is 2.19. The molecule has 1 aromatic heterocycles. The molecule has 0 bridgehead atoms. The molecule has 0 saturated carbocycles. The number of carbonyl (C=O) groups excluding carboxylic acids is 2. The molecule has 0 saturated heterocycles. The van der Waals surface area contributed by atoms with E-state index >= 15 is 0 Å². The van der Waals surface area contributed by atoms with Crippen molar-refractivity contribution >= 4 is 11.8 Å². The SMILES string of the molecule is Cc1c(-c2ccccc2)nnn1N1C(=O)c2ccccc2C1=O. The third kappa shape index (κ3) is 1.88. The standard InChI is InChI=1S/C17H12N4O2/c1-11-15(12-7-3-2-4-8-12)18-19-21(11)20-16(22)13-9-5-6-10-14(13)17(20)23/h2-10H,1H3. The summed E-state index contributed by atoms with van der Waals surface area (Å²) in [7, 11) is 0. The number of carbonyl (C=O) groups is 2. The predicted molar refractivity (Wildman–Crippen MR) is 83.5 cm³/mol. The quantitative estimate of drug-likeness (QED) is 0.681. The Morgan fingerprint density at radius 1 is 0.826 bits per heavy atom. The highest BCUT2D eigenvalue weighted by Crippen LogP contribution is 2.25. The van der Waals surface area contributed by atoms with Crippen molar-refractivity contribution in [3.63, 3.8) is 0 Å². The van der Waals surface area contributed by atoms with Crippen molar-refractivity contribution in [1.82, 2.24) is 15.1 Å². The molecular weight excluding hydrogens is 292 g/mol. The number of nitrogens with zero attached hydrogens (tertiary/aromatic N) is 4. The van der Waals surface area contributed by atoms with Crippen molar-refractivity contribution < 1.29 is 9.59 Å². The second kappa shape index (κ2) is 4.88. The summed E-state index contributed by atoms with van der Waals surface area (Å²) in [6.07, 6.45) is 0. The average Bonchev–Trinajstić information content (AvgIpc) is 3.07. The molecule has 0 atom stereocenters. The van der Waals surface area contributed by atoms with Gasteiger partial charge >= 0.3 is 0 Å². The summed E-state index contributed by atoms with van der Waals surface area (Å²) in [5.74, 6) is -0.781. The number of aromatic nitrogens is 3. The third-order valence-electron chi connectivity index (χ3n) is 3.88. The van der Waals surface area contributed by atoms with Crippen molar-refractivity contribution in [3.05, 3.63) is 71.4 Å². The third-order valence-corrected chi connectivity index (χ3v) is 3.88. The van der Waals surface area contributed by atoms with E-state index < -0.39 is 11.8 Å². The highest BCUT2D eigenvalue weighted by Gasteiger charge is 2.38. The lowest BCUT2D eigenvalue weighted by molar-refractivity contribution is 0.0877. The molecule has 23 heavy (non-hydrogen) atoms. The van der Waals surface area contributed by atoms with Crippen molar-refractivity contribution in [1.29, 1.82) is 0 Å². The van der Waals surface area contributed by atoms with Crippen LogP contribution in [0.3, 0.4) is 0 Å². The first-order chi connectivity index (χ1) is 11.2. The molecule has 0 spiro atoms. The highest BCUT2D eigenvalue weighted by molar-refractivity contribution is 6.30. The molecule has 6 heteroatoms. The molecule has 4 rings (SSSR count). The molecule has 1 aliphatic heterocycles. The van der Waals surface area contributed by atoms with Crippen LogP contribution in [0.5, 0.6) is 0 Å². The molecule has 0 unspecified atom stereocenters. The van der Waals surface area contributed by atoms with Crippen LogP contribution in [0.2, 0.25) is 0 Å². The van der Waals surface area contributed by atoms with Crippen LogP contribution in [0.25, 0.3) is 11.3 Å². The van der Waals surface area contributed by atoms with Gasteiger partial charge in [-0.2, -0.15) is 5.01 Å². The van der Waals surface area contributed by atoms with E-state index in [0.717, 1.165) is 10.6 Å². The van der Waals surface area contributed by atoms with Gasteiger partial charge in [-0.05, 0) is 24.3 Å². The summed E-state index contributed by atoms with van der Waals surface area (Å²) in [4.78, 5) is 26.3. The van der Waals surface area contributed by atoms with Gasteiger partial charge in [-0.25, -0.2) is 0 Å². The molecular formula is C17H12N4O2. The van der Waals surface area contributed by atoms with Gasteiger partial charge in [-0.15, -0.1) is 9.89 Å². The van der Waals surface area contributed by atoms with Gasteiger partial charge < -0.3 is 0 Å². The topological polar surface area (TPSA) is 68.1 Å². The van der Waals surface area contributed by atoms with Gasteiger partial charge in [0.1, 0.15) is 5.69 Å². The van der Waals surface area contributed by atoms with Gasteiger partial charge in [-0.3, -0.25) is 9.59 Å². The van der Waals surface area contributed by atoms with Crippen LogP contribution < -0.4 is 5.01 Å². The summed E-state index contributed by atoms with van der Waals surface area (Å²) in [5.41, 5.74) is 2.92. The Balaban J connectivity index is 1.81. The molecule has 0 N–H and O–H groups in total. The minimum absolute atomic E-state index is 0.383. The lowest BCUT2D eigenvalue weighted by Crippen LogP contribution is -2.41. The summed E-state index contributed by atoms with van der Waals surface area (Å²) in [6.45, 7) is 1.78. The highest BCUT2D eigenvalue weighted by atomic mass is 16.2. The summed E-state index contributed by atoms with van der Waals surface area (Å²) in [5, 5.41) is 9.17. The molecule has 0 radical (unpaired) electrons. The Labute approximate surface area is 131 Å². The number of hydrogen-bond donors (Lipinski definition) is 0. The van der Waals surface area contributed by atoms with Crippen molar-refractivity contribution in [3.8, 4) is 11.3 Å². The van der Waals surface area contributed by atoms with E-state index in [1.165, 1.54) is 4.79 Å². The van der Waals surface area contributed by atoms with Crippen LogP contribution >= 0.6 is 0 Å². The zero-order chi connectivity index (χ0) is 16.0. The summed E-state index contributed by atoms with van der Waals surface area (Å²) >= 11 is 0. The zero-order valence-electron chi connectivity index (χ0n) is 12.3. The maximum atomic E-state index is 12.5. The number of benzene rings is 2. The normalized spacial score (nSPS) is 13.5. The number of amides is 2. The Kier molecular flexibility index (Phi) is 2.84. The molecule has 1 aliphatic rings. The number of fused-ring (bicyclic) bond motifs is 1. The summed E-state index contributed by atoms with van der Waals surface area (Å²) < 4.78 is 0. The van der Waals surface area contributed by atoms with E-state index in [4.69, 9.17) is 0 Å². The van der Waals surface area contributed by atoms with Gasteiger partial charge in [0.25, 0.3) is 11.8 Å². The first kappa shape index (κ1) is 13.4. The molecule has 0 fully saturated rings. The van der Waals surface area contributed by atoms with Gasteiger partial charge in [0.15, 0.2) is 0 Å². The first-order valence-corrected chi connectivity index (χ1v) is 7.14. The van der Waals surface area contributed by atoms with Crippen LogP contribution in [0, 0.1) is 6.92 Å². The minimum atomic E-state index is -0.391. The van der Waals surface area contributed by atoms with E-state index in [-0.39, 0.29) is 0 Å². The molecule has 0 aliphatic carbocycles. The Morgan fingerprint density at radius 2 is 1.39 bits per heavy atom. The molecule has 2 aromatic carbocycles. The van der Waals surface area contributed by atoms with Crippen molar-refractivity contribution in [2.24, 2.45) is 0 Å². The van der Waals surface area contributed by atoms with Crippen molar-refractivity contribution in [2.75, 3.05) is 5.01 Å². The minimum Gasteiger partial charge on any atom is -0.267 e. The molecule has 2 heterocycles. The Bertz CT molecular complexity index is 896. The lowest BCUT2D eigenvalue weighted by atomic mass is 10.1. The molecule has 6 nitrogen and oxygen atoms in total. The van der Waals surface area contributed by atoms with E-state index in [9.17, 15) is 9.59 Å². The van der Waals surface area contributed by atoms with Crippen molar-refractivity contribution in [2.45, 2.75) is 6.92 Å². The second-order valence-corrected chi connectivity index (χ2v) is 5.25. The lowest BCUT2D eigenvalue weighted by Gasteiger charge is -2.14.